The molecular formula is C19H29N3O2. The Morgan fingerprint density at radius 1 is 1.33 bits per heavy atom. The van der Waals surface area contributed by atoms with Gasteiger partial charge in [0.05, 0.1) is 0 Å². The Bertz CT molecular complexity index is 571. The first-order chi connectivity index (χ1) is 11.5. The predicted octanol–water partition coefficient (Wildman–Crippen LogP) is 2.21. The van der Waals surface area contributed by atoms with Crippen molar-refractivity contribution in [3.8, 4) is 0 Å². The molecule has 1 aliphatic rings. The molecule has 1 saturated heterocycles. The van der Waals surface area contributed by atoms with Gasteiger partial charge in [0.15, 0.2) is 0 Å². The number of para-hydroxylation sites is 1. The van der Waals surface area contributed by atoms with Gasteiger partial charge in [-0.05, 0) is 36.8 Å². The number of aryl methyl sites for hydroxylation is 1. The maximum atomic E-state index is 12.5. The SMILES string of the molecule is CC(C)C(=O)NCC1CCCN(C(=O)CCc2ccccc2N)C1. The molecular weight excluding hydrogens is 302 g/mol. The predicted molar refractivity (Wildman–Crippen MR) is 96.3 cm³/mol. The first-order valence-electron chi connectivity index (χ1n) is 8.86. The summed E-state index contributed by atoms with van der Waals surface area (Å²) in [6.45, 7) is 5.99. The van der Waals surface area contributed by atoms with Crippen LogP contribution in [0.2, 0.25) is 0 Å². The van der Waals surface area contributed by atoms with Crippen molar-refractivity contribution >= 4 is 17.5 Å². The van der Waals surface area contributed by atoms with Gasteiger partial charge in [-0.15, -0.1) is 0 Å². The second kappa shape index (κ2) is 8.71. The molecule has 24 heavy (non-hydrogen) atoms. The van der Waals surface area contributed by atoms with Crippen molar-refractivity contribution in [2.75, 3.05) is 25.4 Å². The summed E-state index contributed by atoms with van der Waals surface area (Å²) in [5.41, 5.74) is 7.71. The minimum absolute atomic E-state index is 0.00246. The number of nitrogens with two attached hydrogens (primary N) is 1. The van der Waals surface area contributed by atoms with Gasteiger partial charge in [-0.1, -0.05) is 32.0 Å². The average Bonchev–Trinajstić information content (AvgIpc) is 2.58. The van der Waals surface area contributed by atoms with Crippen LogP contribution in [0.1, 0.15) is 38.7 Å². The molecule has 3 N–H and O–H groups in total. The van der Waals surface area contributed by atoms with Gasteiger partial charge in [0.1, 0.15) is 0 Å². The van der Waals surface area contributed by atoms with E-state index < -0.39 is 0 Å². The van der Waals surface area contributed by atoms with E-state index in [2.05, 4.69) is 5.32 Å². The Balaban J connectivity index is 1.79. The molecule has 1 aliphatic heterocycles. The lowest BCUT2D eigenvalue weighted by atomic mass is 9.97. The average molecular weight is 331 g/mol. The van der Waals surface area contributed by atoms with Crippen molar-refractivity contribution in [1.82, 2.24) is 10.2 Å². The standard InChI is InChI=1S/C19H29N3O2/c1-14(2)19(24)21-12-15-6-5-11-22(13-15)18(23)10-9-16-7-3-4-8-17(16)20/h3-4,7-8,14-15H,5-6,9-13,20H2,1-2H3,(H,21,24). The van der Waals surface area contributed by atoms with Crippen LogP contribution in [-0.2, 0) is 16.0 Å². The van der Waals surface area contributed by atoms with Crippen LogP contribution < -0.4 is 11.1 Å². The third-order valence-corrected chi connectivity index (χ3v) is 4.62. The maximum absolute atomic E-state index is 12.5. The molecule has 0 aliphatic carbocycles. The lowest BCUT2D eigenvalue weighted by Crippen LogP contribution is -2.44. The molecule has 1 unspecified atom stereocenters. The molecule has 2 rings (SSSR count). The second-order valence-corrected chi connectivity index (χ2v) is 6.95. The van der Waals surface area contributed by atoms with E-state index in [1.807, 2.05) is 43.0 Å². The van der Waals surface area contributed by atoms with Crippen molar-refractivity contribution in [1.29, 1.82) is 0 Å². The second-order valence-electron chi connectivity index (χ2n) is 6.95. The fraction of sp³-hybridized carbons (Fsp3) is 0.579. The summed E-state index contributed by atoms with van der Waals surface area (Å²) >= 11 is 0. The fourth-order valence-electron chi connectivity index (χ4n) is 3.07. The number of nitrogen functional groups attached to an aromatic ring is 1. The van der Waals surface area contributed by atoms with Gasteiger partial charge in [0.2, 0.25) is 11.8 Å². The summed E-state index contributed by atoms with van der Waals surface area (Å²) in [6, 6.07) is 7.70. The zero-order valence-corrected chi connectivity index (χ0v) is 14.8. The zero-order chi connectivity index (χ0) is 17.5. The molecule has 0 saturated carbocycles. The van der Waals surface area contributed by atoms with Crippen LogP contribution in [-0.4, -0.2) is 36.3 Å². The van der Waals surface area contributed by atoms with Crippen molar-refractivity contribution in [3.63, 3.8) is 0 Å². The smallest absolute Gasteiger partial charge is 0.222 e. The zero-order valence-electron chi connectivity index (χ0n) is 14.8. The highest BCUT2D eigenvalue weighted by atomic mass is 16.2. The third-order valence-electron chi connectivity index (χ3n) is 4.62. The summed E-state index contributed by atoms with van der Waals surface area (Å²) in [5, 5.41) is 2.98. The topological polar surface area (TPSA) is 75.4 Å². The summed E-state index contributed by atoms with van der Waals surface area (Å²) in [4.78, 5) is 26.1. The number of piperidine rings is 1. The van der Waals surface area contributed by atoms with Crippen LogP contribution >= 0.6 is 0 Å². The number of carbonyl (C=O) groups is 2. The van der Waals surface area contributed by atoms with Gasteiger partial charge in [0.25, 0.3) is 0 Å². The molecule has 5 nitrogen and oxygen atoms in total. The van der Waals surface area contributed by atoms with Crippen molar-refractivity contribution < 1.29 is 9.59 Å². The molecule has 0 aromatic heterocycles. The number of hydrogen-bond acceptors (Lipinski definition) is 3. The molecule has 1 aromatic rings. The summed E-state index contributed by atoms with van der Waals surface area (Å²) in [5.74, 6) is 0.617. The van der Waals surface area contributed by atoms with Crippen molar-refractivity contribution in [3.05, 3.63) is 29.8 Å². The van der Waals surface area contributed by atoms with Gasteiger partial charge in [0, 0.05) is 37.7 Å². The Labute approximate surface area is 144 Å². The van der Waals surface area contributed by atoms with Crippen LogP contribution in [0.3, 0.4) is 0 Å². The quantitative estimate of drug-likeness (QED) is 0.785. The van der Waals surface area contributed by atoms with Gasteiger partial charge < -0.3 is 16.0 Å². The van der Waals surface area contributed by atoms with E-state index >= 15 is 0 Å². The number of rotatable bonds is 6. The molecule has 1 atom stereocenters. The van der Waals surface area contributed by atoms with E-state index in [4.69, 9.17) is 5.73 Å². The maximum Gasteiger partial charge on any atom is 0.222 e. The van der Waals surface area contributed by atoms with E-state index in [0.717, 1.165) is 37.2 Å². The summed E-state index contributed by atoms with van der Waals surface area (Å²) < 4.78 is 0. The molecule has 2 amide bonds. The molecule has 1 aromatic carbocycles. The summed E-state index contributed by atoms with van der Waals surface area (Å²) in [7, 11) is 0. The number of nitrogens with one attached hydrogen (secondary N) is 1. The van der Waals surface area contributed by atoms with E-state index in [1.165, 1.54) is 0 Å². The van der Waals surface area contributed by atoms with E-state index in [0.29, 0.717) is 25.3 Å². The number of amides is 2. The van der Waals surface area contributed by atoms with Crippen molar-refractivity contribution in [2.24, 2.45) is 11.8 Å². The van der Waals surface area contributed by atoms with Gasteiger partial charge in [-0.25, -0.2) is 0 Å². The minimum atomic E-state index is 0.00246. The monoisotopic (exact) mass is 331 g/mol. The van der Waals surface area contributed by atoms with Gasteiger partial charge in [-0.3, -0.25) is 9.59 Å². The van der Waals surface area contributed by atoms with E-state index in [1.54, 1.807) is 0 Å². The highest BCUT2D eigenvalue weighted by Gasteiger charge is 2.24. The van der Waals surface area contributed by atoms with E-state index in [-0.39, 0.29) is 17.7 Å². The largest absolute Gasteiger partial charge is 0.399 e. The first kappa shape index (κ1) is 18.3. The molecule has 132 valence electrons. The number of hydrogen-bond donors (Lipinski definition) is 2. The molecule has 1 fully saturated rings. The van der Waals surface area contributed by atoms with Crippen LogP contribution in [0.4, 0.5) is 5.69 Å². The highest BCUT2D eigenvalue weighted by Crippen LogP contribution is 2.18. The molecule has 1 heterocycles. The minimum Gasteiger partial charge on any atom is -0.399 e. The Morgan fingerprint density at radius 2 is 2.08 bits per heavy atom. The van der Waals surface area contributed by atoms with E-state index in [9.17, 15) is 9.59 Å². The number of carbonyl (C=O) groups excluding carboxylic acids is 2. The lowest BCUT2D eigenvalue weighted by Gasteiger charge is -2.33. The number of benzene rings is 1. The Kier molecular flexibility index (Phi) is 6.64. The van der Waals surface area contributed by atoms with Crippen LogP contribution in [0.5, 0.6) is 0 Å². The van der Waals surface area contributed by atoms with Gasteiger partial charge in [-0.2, -0.15) is 0 Å². The Morgan fingerprint density at radius 3 is 2.79 bits per heavy atom. The van der Waals surface area contributed by atoms with Crippen molar-refractivity contribution in [2.45, 2.75) is 39.5 Å². The number of anilines is 1. The normalized spacial score (nSPS) is 17.8. The number of nitrogens with zero attached hydrogens (tertiary/aromatic N) is 1. The van der Waals surface area contributed by atoms with Gasteiger partial charge >= 0.3 is 0 Å². The molecule has 0 bridgehead atoms. The number of likely N-dealkylation sites (tertiary alicyclic amines) is 1. The Hall–Kier alpha value is -2.04. The summed E-state index contributed by atoms with van der Waals surface area (Å²) in [6.07, 6.45) is 3.23. The van der Waals surface area contributed by atoms with Crippen LogP contribution in [0.25, 0.3) is 0 Å². The van der Waals surface area contributed by atoms with Crippen LogP contribution in [0, 0.1) is 11.8 Å². The highest BCUT2D eigenvalue weighted by molar-refractivity contribution is 5.78. The molecule has 0 radical (unpaired) electrons. The van der Waals surface area contributed by atoms with Crippen LogP contribution in [0.15, 0.2) is 24.3 Å². The third kappa shape index (κ3) is 5.25. The molecule has 0 spiro atoms. The fourth-order valence-corrected chi connectivity index (χ4v) is 3.07. The lowest BCUT2D eigenvalue weighted by molar-refractivity contribution is -0.132. The molecule has 5 heteroatoms. The first-order valence-corrected chi connectivity index (χ1v) is 8.86.